The molecule has 5 aromatic rings. The van der Waals surface area contributed by atoms with Gasteiger partial charge in [-0.05, 0) is 67.4 Å². The molecule has 0 amide bonds. The molecule has 0 radical (unpaired) electrons. The van der Waals surface area contributed by atoms with Crippen molar-refractivity contribution in [1.82, 2.24) is 18.8 Å². The number of likely N-dealkylation sites (N-methyl/N-ethyl adjacent to an activating group) is 1. The zero-order valence-electron chi connectivity index (χ0n) is 24.9. The van der Waals surface area contributed by atoms with Crippen molar-refractivity contribution in [2.24, 2.45) is 0 Å². The van der Waals surface area contributed by atoms with Gasteiger partial charge in [0.25, 0.3) is 10.0 Å². The quantitative estimate of drug-likeness (QED) is 0.228. The van der Waals surface area contributed by atoms with Crippen LogP contribution in [0.2, 0.25) is 0 Å². The van der Waals surface area contributed by atoms with Crippen LogP contribution >= 0.6 is 0 Å². The lowest BCUT2D eigenvalue weighted by Crippen LogP contribution is -2.44. The van der Waals surface area contributed by atoms with Crippen molar-refractivity contribution in [3.63, 3.8) is 0 Å². The Labute approximate surface area is 256 Å². The van der Waals surface area contributed by atoms with E-state index in [2.05, 4.69) is 21.8 Å². The van der Waals surface area contributed by atoms with E-state index in [9.17, 15) is 12.8 Å². The zero-order chi connectivity index (χ0) is 30.8. The molecule has 44 heavy (non-hydrogen) atoms. The Morgan fingerprint density at radius 2 is 1.61 bits per heavy atom. The van der Waals surface area contributed by atoms with Crippen LogP contribution in [-0.4, -0.2) is 74.7 Å². The van der Waals surface area contributed by atoms with Crippen molar-refractivity contribution in [3.8, 4) is 22.8 Å². The molecule has 0 saturated carbocycles. The molecule has 1 saturated heterocycles. The Hall–Kier alpha value is -4.48. The van der Waals surface area contributed by atoms with Crippen LogP contribution in [0.25, 0.3) is 22.4 Å². The van der Waals surface area contributed by atoms with Gasteiger partial charge >= 0.3 is 0 Å². The normalized spacial score (nSPS) is 14.2. The Kier molecular flexibility index (Phi) is 8.24. The van der Waals surface area contributed by atoms with Gasteiger partial charge in [-0.3, -0.25) is 0 Å². The second-order valence-corrected chi connectivity index (χ2v) is 12.6. The molecular formula is C33H34FN5O4S. The van der Waals surface area contributed by atoms with Crippen molar-refractivity contribution in [2.75, 3.05) is 52.3 Å². The van der Waals surface area contributed by atoms with Crippen LogP contribution in [-0.2, 0) is 22.9 Å². The van der Waals surface area contributed by atoms with Crippen LogP contribution in [0.4, 0.5) is 10.1 Å². The zero-order valence-corrected chi connectivity index (χ0v) is 25.7. The van der Waals surface area contributed by atoms with Crippen LogP contribution < -0.4 is 14.4 Å². The Bertz CT molecular complexity index is 1890. The van der Waals surface area contributed by atoms with E-state index in [1.165, 1.54) is 24.3 Å². The van der Waals surface area contributed by atoms with Gasteiger partial charge in [0.2, 0.25) is 0 Å². The van der Waals surface area contributed by atoms with Crippen LogP contribution in [0, 0.1) is 5.82 Å². The molecule has 0 aliphatic carbocycles. The minimum absolute atomic E-state index is 0.104. The fraction of sp³-hybridized carbons (Fsp3) is 0.273. The van der Waals surface area contributed by atoms with E-state index in [0.717, 1.165) is 37.4 Å². The molecule has 6 rings (SSSR count). The number of rotatable bonds is 9. The number of hydrogen-bond acceptors (Lipinski definition) is 8. The van der Waals surface area contributed by atoms with E-state index < -0.39 is 15.8 Å². The fourth-order valence-electron chi connectivity index (χ4n) is 5.50. The summed E-state index contributed by atoms with van der Waals surface area (Å²) in [6, 6.07) is 21.1. The molecule has 0 bridgehead atoms. The van der Waals surface area contributed by atoms with Gasteiger partial charge in [-0.15, -0.1) is 0 Å². The molecule has 3 aromatic carbocycles. The minimum atomic E-state index is -4.01. The molecule has 1 aliphatic rings. The summed E-state index contributed by atoms with van der Waals surface area (Å²) in [5, 5.41) is 0. The van der Waals surface area contributed by atoms with Crippen LogP contribution in [0.5, 0.6) is 11.5 Å². The molecule has 1 aliphatic heterocycles. The summed E-state index contributed by atoms with van der Waals surface area (Å²) in [6.07, 6.45) is 2.25. The van der Waals surface area contributed by atoms with Gasteiger partial charge in [0.15, 0.2) is 17.2 Å². The maximum atomic E-state index is 15.0. The number of aromatic nitrogens is 3. The lowest BCUT2D eigenvalue weighted by Gasteiger charge is -2.34. The predicted octanol–water partition coefficient (Wildman–Crippen LogP) is 5.03. The summed E-state index contributed by atoms with van der Waals surface area (Å²) >= 11 is 0. The summed E-state index contributed by atoms with van der Waals surface area (Å²) in [5.74, 6) is 0.142. The van der Waals surface area contributed by atoms with E-state index in [0.29, 0.717) is 41.1 Å². The largest absolute Gasteiger partial charge is 0.497 e. The van der Waals surface area contributed by atoms with Crippen LogP contribution in [0.3, 0.4) is 0 Å². The Morgan fingerprint density at radius 3 is 2.30 bits per heavy atom. The van der Waals surface area contributed by atoms with Crippen LogP contribution in [0.15, 0.2) is 83.9 Å². The third-order valence-electron chi connectivity index (χ3n) is 8.02. The number of ether oxygens (including phenoxy) is 2. The first-order chi connectivity index (χ1) is 21.3. The van der Waals surface area contributed by atoms with Crippen molar-refractivity contribution < 1.29 is 22.3 Å². The highest BCUT2D eigenvalue weighted by atomic mass is 32.2. The SMILES string of the molecule is COc1cc(CCc2cnc3c(cc(-c4ccc(N5CCN(C)CC5)cc4)n3S(=O)(=O)c3ccccc3)n2)c(F)c(OC)c1. The molecule has 0 spiro atoms. The molecule has 0 unspecified atom stereocenters. The van der Waals surface area contributed by atoms with Crippen LogP contribution in [0.1, 0.15) is 11.3 Å². The van der Waals surface area contributed by atoms with Crippen molar-refractivity contribution in [1.29, 1.82) is 0 Å². The molecule has 9 nitrogen and oxygen atoms in total. The topological polar surface area (TPSA) is 89.8 Å². The second kappa shape index (κ2) is 12.3. The number of halogens is 1. The van der Waals surface area contributed by atoms with E-state index in [1.807, 2.05) is 24.3 Å². The summed E-state index contributed by atoms with van der Waals surface area (Å²) in [6.45, 7) is 3.84. The monoisotopic (exact) mass is 615 g/mol. The average molecular weight is 616 g/mol. The van der Waals surface area contributed by atoms with Gasteiger partial charge < -0.3 is 19.3 Å². The number of piperazine rings is 1. The maximum absolute atomic E-state index is 15.0. The number of hydrogen-bond donors (Lipinski definition) is 0. The first-order valence-corrected chi connectivity index (χ1v) is 15.8. The van der Waals surface area contributed by atoms with Crippen molar-refractivity contribution >= 4 is 26.9 Å². The van der Waals surface area contributed by atoms with Gasteiger partial charge in [-0.25, -0.2) is 26.7 Å². The third kappa shape index (κ3) is 5.72. The van der Waals surface area contributed by atoms with Gasteiger partial charge in [0.05, 0.1) is 36.7 Å². The molecular weight excluding hydrogens is 581 g/mol. The van der Waals surface area contributed by atoms with Gasteiger partial charge in [-0.1, -0.05) is 30.3 Å². The van der Waals surface area contributed by atoms with Gasteiger partial charge in [0.1, 0.15) is 11.3 Å². The number of nitrogens with zero attached hydrogens (tertiary/aromatic N) is 5. The molecule has 0 atom stereocenters. The van der Waals surface area contributed by atoms with Crippen molar-refractivity contribution in [2.45, 2.75) is 17.7 Å². The highest BCUT2D eigenvalue weighted by molar-refractivity contribution is 7.90. The average Bonchev–Trinajstić information content (AvgIpc) is 3.45. The molecule has 0 N–H and O–H groups in total. The lowest BCUT2D eigenvalue weighted by molar-refractivity contribution is 0.313. The third-order valence-corrected chi connectivity index (χ3v) is 9.74. The van der Waals surface area contributed by atoms with Gasteiger partial charge in [-0.2, -0.15) is 0 Å². The Morgan fingerprint density at radius 1 is 0.886 bits per heavy atom. The number of fused-ring (bicyclic) bond motifs is 1. The highest BCUT2D eigenvalue weighted by Crippen LogP contribution is 2.33. The first kappa shape index (κ1) is 29.6. The number of aryl methyl sites for hydroxylation is 2. The summed E-state index contributed by atoms with van der Waals surface area (Å²) in [5.41, 5.74) is 3.98. The molecule has 11 heteroatoms. The smallest absolute Gasteiger partial charge is 0.269 e. The van der Waals surface area contributed by atoms with E-state index >= 15 is 0 Å². The molecule has 228 valence electrons. The lowest BCUT2D eigenvalue weighted by atomic mass is 10.1. The number of anilines is 1. The predicted molar refractivity (Wildman–Crippen MR) is 169 cm³/mol. The first-order valence-electron chi connectivity index (χ1n) is 14.4. The molecule has 1 fully saturated rings. The maximum Gasteiger partial charge on any atom is 0.269 e. The fourth-order valence-corrected chi connectivity index (χ4v) is 7.00. The Balaban J connectivity index is 1.38. The summed E-state index contributed by atoms with van der Waals surface area (Å²) in [4.78, 5) is 14.1. The van der Waals surface area contributed by atoms with E-state index in [-0.39, 0.29) is 16.3 Å². The summed E-state index contributed by atoms with van der Waals surface area (Å²) in [7, 11) is 1.04. The highest BCUT2D eigenvalue weighted by Gasteiger charge is 2.26. The number of benzene rings is 3. The molecule has 2 aromatic heterocycles. The van der Waals surface area contributed by atoms with Gasteiger partial charge in [0, 0.05) is 37.9 Å². The van der Waals surface area contributed by atoms with E-state index in [1.54, 1.807) is 48.7 Å². The summed E-state index contributed by atoms with van der Waals surface area (Å²) < 4.78 is 54.7. The standard InChI is InChI=1S/C33H34FN5O4S/c1-37-15-17-38(18-16-37)26-13-10-23(11-14-26)30-21-29-33(39(30)44(40,41)28-7-5-4-6-8-28)35-22-25(36-29)12-9-24-19-27(42-2)20-31(43-3)32(24)34/h4-8,10-11,13-14,19-22H,9,12,15-18H2,1-3H3. The minimum Gasteiger partial charge on any atom is -0.497 e. The second-order valence-electron chi connectivity index (χ2n) is 10.8. The molecule has 3 heterocycles. The van der Waals surface area contributed by atoms with E-state index in [4.69, 9.17) is 14.5 Å². The number of methoxy groups -OCH3 is 2. The van der Waals surface area contributed by atoms with Crippen molar-refractivity contribution in [3.05, 3.63) is 96.1 Å².